The molecule has 9 heteroatoms. The molecule has 4 unspecified atom stereocenters. The molecule has 2 aliphatic heterocycles. The van der Waals surface area contributed by atoms with Crippen LogP contribution in [0.1, 0.15) is 64.4 Å². The molecular formula is C25H34ClN5O3. The molecule has 4 amide bonds. The van der Waals surface area contributed by atoms with Crippen molar-refractivity contribution in [2.75, 3.05) is 0 Å². The van der Waals surface area contributed by atoms with Crippen molar-refractivity contribution in [1.82, 2.24) is 25.6 Å². The third kappa shape index (κ3) is 4.26. The van der Waals surface area contributed by atoms with Crippen LogP contribution >= 0.6 is 11.6 Å². The quantitative estimate of drug-likeness (QED) is 0.666. The minimum Gasteiger partial charge on any atom is -0.353 e. The van der Waals surface area contributed by atoms with Gasteiger partial charge < -0.3 is 10.2 Å². The largest absolute Gasteiger partial charge is 0.353 e. The molecule has 184 valence electrons. The number of nitrogens with zero attached hydrogens (tertiary/aromatic N) is 3. The summed E-state index contributed by atoms with van der Waals surface area (Å²) in [6, 6.07) is 7.19. The molecule has 4 aliphatic rings. The van der Waals surface area contributed by atoms with Crippen LogP contribution in [0.15, 0.2) is 24.3 Å². The van der Waals surface area contributed by atoms with E-state index < -0.39 is 6.29 Å². The van der Waals surface area contributed by atoms with E-state index in [1.807, 2.05) is 36.9 Å². The number of hydrogen-bond donors (Lipinski definition) is 2. The number of rotatable bonds is 5. The van der Waals surface area contributed by atoms with Gasteiger partial charge in [-0.25, -0.2) is 4.79 Å². The average molecular weight is 488 g/mol. The zero-order chi connectivity index (χ0) is 24.0. The summed E-state index contributed by atoms with van der Waals surface area (Å²) >= 11 is 6.14. The predicted octanol–water partition coefficient (Wildman–Crippen LogP) is 3.46. The lowest BCUT2D eigenvalue weighted by Crippen LogP contribution is -2.68. The Hall–Kier alpha value is -2.32. The summed E-state index contributed by atoms with van der Waals surface area (Å²) in [5.74, 6) is -0.293. The van der Waals surface area contributed by atoms with Gasteiger partial charge in [0.2, 0.25) is 11.8 Å². The van der Waals surface area contributed by atoms with Crippen molar-refractivity contribution in [3.63, 3.8) is 0 Å². The molecule has 1 aromatic rings. The van der Waals surface area contributed by atoms with Gasteiger partial charge in [0.05, 0.1) is 12.5 Å². The van der Waals surface area contributed by atoms with Gasteiger partial charge in [0.25, 0.3) is 0 Å². The van der Waals surface area contributed by atoms with Gasteiger partial charge in [-0.1, -0.05) is 36.6 Å². The van der Waals surface area contributed by atoms with Crippen LogP contribution in [0.3, 0.4) is 0 Å². The van der Waals surface area contributed by atoms with E-state index in [0.717, 1.165) is 31.2 Å². The summed E-state index contributed by atoms with van der Waals surface area (Å²) in [7, 11) is 0. The maximum Gasteiger partial charge on any atom is 0.337 e. The van der Waals surface area contributed by atoms with E-state index in [1.54, 1.807) is 16.0 Å². The molecule has 0 bridgehead atoms. The number of halogens is 1. The fourth-order valence-corrected chi connectivity index (χ4v) is 6.38. The molecule has 34 heavy (non-hydrogen) atoms. The van der Waals surface area contributed by atoms with Crippen LogP contribution in [0.4, 0.5) is 4.79 Å². The summed E-state index contributed by atoms with van der Waals surface area (Å²) in [5, 5.41) is 5.41. The highest BCUT2D eigenvalue weighted by Crippen LogP contribution is 2.41. The molecule has 1 aromatic carbocycles. The van der Waals surface area contributed by atoms with Gasteiger partial charge in [-0.3, -0.25) is 19.5 Å². The van der Waals surface area contributed by atoms with Gasteiger partial charge in [-0.15, -0.1) is 0 Å². The SMILES string of the molecule is CC(C)N1C(=O)C2CCC(C(=O)NC3CCCC3)CC2N2C(=O)N(Cc3cccc(Cl)c3)NC12. The van der Waals surface area contributed by atoms with Gasteiger partial charge in [0, 0.05) is 29.1 Å². The number of hydrazine groups is 1. The van der Waals surface area contributed by atoms with Crippen LogP contribution in [0.5, 0.6) is 0 Å². The van der Waals surface area contributed by atoms with Gasteiger partial charge in [0.15, 0.2) is 6.29 Å². The summed E-state index contributed by atoms with van der Waals surface area (Å²) in [6.07, 6.45) is 5.70. The summed E-state index contributed by atoms with van der Waals surface area (Å²) in [4.78, 5) is 43.8. The fourth-order valence-electron chi connectivity index (χ4n) is 6.17. The first-order chi connectivity index (χ1) is 16.3. The molecule has 2 N–H and O–H groups in total. The minimum absolute atomic E-state index is 0.0595. The Morgan fingerprint density at radius 1 is 1.18 bits per heavy atom. The third-order valence-electron chi connectivity index (χ3n) is 7.85. The summed E-state index contributed by atoms with van der Waals surface area (Å²) in [6.45, 7) is 4.29. The van der Waals surface area contributed by atoms with E-state index in [1.165, 1.54) is 0 Å². The number of nitrogens with one attached hydrogen (secondary N) is 2. The van der Waals surface area contributed by atoms with Crippen molar-refractivity contribution >= 4 is 29.4 Å². The van der Waals surface area contributed by atoms with Gasteiger partial charge >= 0.3 is 6.03 Å². The lowest BCUT2D eigenvalue weighted by molar-refractivity contribution is -0.162. The van der Waals surface area contributed by atoms with Crippen molar-refractivity contribution in [2.24, 2.45) is 11.8 Å². The Bertz CT molecular complexity index is 966. The normalized spacial score (nSPS) is 29.6. The van der Waals surface area contributed by atoms with Crippen LogP contribution in [0.25, 0.3) is 0 Å². The van der Waals surface area contributed by atoms with Crippen LogP contribution in [-0.2, 0) is 16.1 Å². The molecule has 0 radical (unpaired) electrons. The van der Waals surface area contributed by atoms with Crippen LogP contribution in [0.2, 0.25) is 5.02 Å². The highest BCUT2D eigenvalue weighted by atomic mass is 35.5. The van der Waals surface area contributed by atoms with E-state index in [-0.39, 0.29) is 47.8 Å². The molecule has 2 saturated heterocycles. The lowest BCUT2D eigenvalue weighted by Gasteiger charge is -2.51. The Morgan fingerprint density at radius 3 is 2.65 bits per heavy atom. The molecule has 4 fully saturated rings. The second kappa shape index (κ2) is 9.38. The number of amides is 4. The Labute approximate surface area is 205 Å². The van der Waals surface area contributed by atoms with Crippen LogP contribution in [0, 0.1) is 11.8 Å². The molecule has 4 atom stereocenters. The maximum atomic E-state index is 13.6. The molecule has 2 heterocycles. The summed E-state index contributed by atoms with van der Waals surface area (Å²) in [5.41, 5.74) is 4.19. The number of carbonyl (C=O) groups excluding carboxylic acids is 3. The number of hydrogen-bond acceptors (Lipinski definition) is 4. The van der Waals surface area contributed by atoms with Gasteiger partial charge in [0.1, 0.15) is 0 Å². The van der Waals surface area contributed by atoms with Crippen LogP contribution < -0.4 is 10.7 Å². The standard InChI is InChI=1S/C25H34ClN5O3/c1-15(2)30-23(33)20-11-10-17(22(32)27-19-8-3-4-9-19)13-21(20)31-24(30)28-29(25(31)34)14-16-6-5-7-18(26)12-16/h5-7,12,15,17,19-21,24,28H,3-4,8-11,13-14H2,1-2H3,(H,27,32). The van der Waals surface area contributed by atoms with Crippen LogP contribution in [-0.4, -0.2) is 57.1 Å². The summed E-state index contributed by atoms with van der Waals surface area (Å²) < 4.78 is 0. The maximum absolute atomic E-state index is 13.6. The fraction of sp³-hybridized carbons (Fsp3) is 0.640. The number of fused-ring (bicyclic) bond motifs is 3. The number of benzene rings is 1. The molecule has 0 aromatic heterocycles. The molecule has 2 aliphatic carbocycles. The van der Waals surface area contributed by atoms with Gasteiger partial charge in [-0.05, 0) is 63.6 Å². The lowest BCUT2D eigenvalue weighted by atomic mass is 9.75. The highest BCUT2D eigenvalue weighted by molar-refractivity contribution is 6.30. The number of carbonyl (C=O) groups is 3. The first-order valence-corrected chi connectivity index (χ1v) is 12.9. The average Bonchev–Trinajstić information content (AvgIpc) is 3.41. The van der Waals surface area contributed by atoms with Crippen molar-refractivity contribution in [1.29, 1.82) is 0 Å². The predicted molar refractivity (Wildman–Crippen MR) is 128 cm³/mol. The zero-order valence-electron chi connectivity index (χ0n) is 19.9. The first kappa shape index (κ1) is 23.4. The van der Waals surface area contributed by atoms with Crippen molar-refractivity contribution in [3.8, 4) is 0 Å². The van der Waals surface area contributed by atoms with E-state index >= 15 is 0 Å². The van der Waals surface area contributed by atoms with E-state index in [4.69, 9.17) is 11.6 Å². The van der Waals surface area contributed by atoms with E-state index in [0.29, 0.717) is 30.8 Å². The minimum atomic E-state index is -0.544. The van der Waals surface area contributed by atoms with E-state index in [9.17, 15) is 14.4 Å². The zero-order valence-corrected chi connectivity index (χ0v) is 20.6. The Kier molecular flexibility index (Phi) is 6.46. The van der Waals surface area contributed by atoms with Crippen molar-refractivity contribution in [2.45, 2.75) is 89.8 Å². The molecule has 5 rings (SSSR count). The van der Waals surface area contributed by atoms with Gasteiger partial charge in [-0.2, -0.15) is 5.43 Å². The second-order valence-electron chi connectivity index (χ2n) is 10.4. The molecule has 8 nitrogen and oxygen atoms in total. The van der Waals surface area contributed by atoms with Crippen molar-refractivity contribution in [3.05, 3.63) is 34.9 Å². The smallest absolute Gasteiger partial charge is 0.337 e. The molecular weight excluding hydrogens is 454 g/mol. The monoisotopic (exact) mass is 487 g/mol. The van der Waals surface area contributed by atoms with E-state index in [2.05, 4.69) is 10.7 Å². The molecule has 2 saturated carbocycles. The topological polar surface area (TPSA) is 85.0 Å². The second-order valence-corrected chi connectivity index (χ2v) is 10.9. The highest BCUT2D eigenvalue weighted by Gasteiger charge is 2.56. The Morgan fingerprint density at radius 2 is 1.94 bits per heavy atom. The number of urea groups is 1. The Balaban J connectivity index is 1.37. The van der Waals surface area contributed by atoms with Crippen molar-refractivity contribution < 1.29 is 14.4 Å². The first-order valence-electron chi connectivity index (χ1n) is 12.6. The third-order valence-corrected chi connectivity index (χ3v) is 8.09. The molecule has 0 spiro atoms.